The summed E-state index contributed by atoms with van der Waals surface area (Å²) in [6, 6.07) is 5.58. The van der Waals surface area contributed by atoms with Crippen LogP contribution in [0, 0.1) is 29.0 Å². The van der Waals surface area contributed by atoms with Crippen molar-refractivity contribution >= 4 is 23.3 Å². The molecule has 37 heavy (non-hydrogen) atoms. The van der Waals surface area contributed by atoms with Crippen LogP contribution in [-0.2, 0) is 4.79 Å². The Morgan fingerprint density at radius 2 is 2.08 bits per heavy atom. The van der Waals surface area contributed by atoms with E-state index in [9.17, 15) is 19.6 Å². The molecular formula is C29H30FN5O2. The van der Waals surface area contributed by atoms with E-state index in [0.717, 1.165) is 85.4 Å². The number of nitriles is 1. The molecule has 0 aromatic heterocycles. The minimum atomic E-state index is -0.996. The van der Waals surface area contributed by atoms with Crippen molar-refractivity contribution in [1.82, 2.24) is 15.2 Å². The van der Waals surface area contributed by atoms with E-state index in [1.165, 1.54) is 11.1 Å². The summed E-state index contributed by atoms with van der Waals surface area (Å²) in [7, 11) is 2.05. The predicted octanol–water partition coefficient (Wildman–Crippen LogP) is 4.12. The van der Waals surface area contributed by atoms with E-state index in [0.29, 0.717) is 6.04 Å². The van der Waals surface area contributed by atoms with Gasteiger partial charge in [0.2, 0.25) is 0 Å². The highest BCUT2D eigenvalue weighted by Gasteiger charge is 2.35. The van der Waals surface area contributed by atoms with Crippen molar-refractivity contribution in [1.29, 1.82) is 5.26 Å². The lowest BCUT2D eigenvalue weighted by Gasteiger charge is -2.39. The summed E-state index contributed by atoms with van der Waals surface area (Å²) in [5.74, 6) is -2.19. The first-order valence-electron chi connectivity index (χ1n) is 13.0. The number of carboxylic acid groups (broad SMARTS) is 1. The Balaban J connectivity index is 1.23. The number of fused-ring (bicyclic) bond motifs is 2. The summed E-state index contributed by atoms with van der Waals surface area (Å²) in [5.41, 5.74) is 11.3. The molecule has 1 aromatic carbocycles. The second-order valence-corrected chi connectivity index (χ2v) is 10.7. The van der Waals surface area contributed by atoms with E-state index < -0.39 is 11.9 Å². The van der Waals surface area contributed by atoms with Crippen LogP contribution in [0.3, 0.4) is 0 Å². The Bertz CT molecular complexity index is 1360. The lowest BCUT2D eigenvalue weighted by atomic mass is 9.78. The van der Waals surface area contributed by atoms with Gasteiger partial charge >= 0.3 is 5.97 Å². The fourth-order valence-corrected chi connectivity index (χ4v) is 6.59. The van der Waals surface area contributed by atoms with Crippen molar-refractivity contribution in [3.63, 3.8) is 0 Å². The number of aliphatic carboxylic acids is 1. The van der Waals surface area contributed by atoms with Crippen LogP contribution in [0.25, 0.3) is 11.6 Å². The molecule has 0 spiro atoms. The average molecular weight is 500 g/mol. The highest BCUT2D eigenvalue weighted by atomic mass is 19.1. The normalized spacial score (nSPS) is 25.6. The maximum absolute atomic E-state index is 14.5. The monoisotopic (exact) mass is 499 g/mol. The number of halogens is 1. The number of allylic oxidation sites excluding steroid dienone is 2. The summed E-state index contributed by atoms with van der Waals surface area (Å²) >= 11 is 0. The number of nitrogens with one attached hydrogen (secondary N) is 1. The summed E-state index contributed by atoms with van der Waals surface area (Å²) in [6.07, 6.45) is 12.6. The molecule has 0 radical (unpaired) electrons. The molecule has 0 bridgehead atoms. The lowest BCUT2D eigenvalue weighted by Crippen LogP contribution is -2.42. The van der Waals surface area contributed by atoms with Gasteiger partial charge in [-0.05, 0) is 72.9 Å². The van der Waals surface area contributed by atoms with E-state index in [4.69, 9.17) is 0 Å². The zero-order valence-electron chi connectivity index (χ0n) is 20.9. The maximum Gasteiger partial charge on any atom is 0.321 e. The highest BCUT2D eigenvalue weighted by molar-refractivity contribution is 6.20. The minimum Gasteiger partial charge on any atom is -0.480 e. The molecule has 0 saturated heterocycles. The van der Waals surface area contributed by atoms with Crippen LogP contribution >= 0.6 is 0 Å². The number of carbonyl (C=O) groups is 1. The van der Waals surface area contributed by atoms with Crippen LogP contribution in [-0.4, -0.2) is 59.3 Å². The van der Waals surface area contributed by atoms with Crippen molar-refractivity contribution < 1.29 is 14.3 Å². The predicted molar refractivity (Wildman–Crippen MR) is 139 cm³/mol. The Labute approximate surface area is 215 Å². The van der Waals surface area contributed by atoms with E-state index in [1.807, 2.05) is 25.3 Å². The number of likely N-dealkylation sites (N-methyl/N-ethyl adjacent to an activating group) is 1. The molecule has 3 heterocycles. The molecule has 1 fully saturated rings. The van der Waals surface area contributed by atoms with Gasteiger partial charge < -0.3 is 10.0 Å². The summed E-state index contributed by atoms with van der Waals surface area (Å²) in [5, 5.41) is 23.2. The standard InChI is InChI=1S/C29H30FN5O2/c1-34-15-24(28-25(16-34)22-13-20(30)12-19-4-7-26(27(19)22)32-33-28)18-8-10-35(11-9-18)21-5-2-17(3-6-21)23(14-31)29(36)37/h4,7-8,12-13,16-17,21,23,33H,2-3,5-6,9-11,15H2,1H3,(H,36,37). The van der Waals surface area contributed by atoms with Crippen LogP contribution in [0.15, 0.2) is 52.4 Å². The average Bonchev–Trinajstić information content (AvgIpc) is 3.23. The maximum atomic E-state index is 14.5. The molecule has 5 aliphatic rings. The Hall–Kier alpha value is -3.70. The molecule has 190 valence electrons. The molecule has 1 saturated carbocycles. The second-order valence-electron chi connectivity index (χ2n) is 10.7. The first kappa shape index (κ1) is 23.7. The Morgan fingerprint density at radius 3 is 2.78 bits per heavy atom. The van der Waals surface area contributed by atoms with Gasteiger partial charge in [-0.2, -0.15) is 10.4 Å². The molecule has 2 aliphatic carbocycles. The number of hydrogen-bond acceptors (Lipinski definition) is 6. The van der Waals surface area contributed by atoms with Gasteiger partial charge in [-0.25, -0.2) is 4.39 Å². The van der Waals surface area contributed by atoms with Gasteiger partial charge in [0.05, 0.1) is 17.5 Å². The van der Waals surface area contributed by atoms with Gasteiger partial charge in [0.1, 0.15) is 11.7 Å². The summed E-state index contributed by atoms with van der Waals surface area (Å²) in [6.45, 7) is 2.54. The van der Waals surface area contributed by atoms with Gasteiger partial charge in [-0.3, -0.25) is 15.1 Å². The molecular weight excluding hydrogens is 469 g/mol. The molecule has 1 unspecified atom stereocenters. The molecule has 2 N–H and O–H groups in total. The van der Waals surface area contributed by atoms with E-state index in [2.05, 4.69) is 32.6 Å². The van der Waals surface area contributed by atoms with Gasteiger partial charge in [-0.1, -0.05) is 12.2 Å². The minimum absolute atomic E-state index is 0.0498. The summed E-state index contributed by atoms with van der Waals surface area (Å²) < 4.78 is 14.5. The SMILES string of the molecule is CN1C=C2C(=C(C3=CCN(C4CCC(C(C#N)C(=O)O)CC4)CC3)C1)NN=C1C=Cc3cc(F)cc2c31. The van der Waals surface area contributed by atoms with Gasteiger partial charge in [0.25, 0.3) is 0 Å². The number of carboxylic acids is 1. The van der Waals surface area contributed by atoms with Crippen molar-refractivity contribution in [2.75, 3.05) is 26.7 Å². The van der Waals surface area contributed by atoms with Crippen molar-refractivity contribution in [3.05, 3.63) is 69.8 Å². The largest absolute Gasteiger partial charge is 0.480 e. The number of nitrogens with zero attached hydrogens (tertiary/aromatic N) is 4. The third-order valence-electron chi connectivity index (χ3n) is 8.48. The van der Waals surface area contributed by atoms with Crippen molar-refractivity contribution in [3.8, 4) is 6.07 Å². The van der Waals surface area contributed by atoms with E-state index >= 15 is 0 Å². The van der Waals surface area contributed by atoms with Crippen LogP contribution in [0.5, 0.6) is 0 Å². The van der Waals surface area contributed by atoms with Gasteiger partial charge in [-0.15, -0.1) is 0 Å². The molecule has 0 amide bonds. The van der Waals surface area contributed by atoms with Crippen LogP contribution in [0.2, 0.25) is 0 Å². The molecule has 7 nitrogen and oxygen atoms in total. The molecule has 8 heteroatoms. The molecule has 1 aromatic rings. The number of rotatable bonds is 4. The third kappa shape index (κ3) is 4.17. The number of hydrogen-bond donors (Lipinski definition) is 2. The van der Waals surface area contributed by atoms with Crippen LogP contribution in [0.1, 0.15) is 48.8 Å². The second kappa shape index (κ2) is 9.31. The quantitative estimate of drug-likeness (QED) is 0.648. The van der Waals surface area contributed by atoms with E-state index in [-0.39, 0.29) is 11.7 Å². The topological polar surface area (TPSA) is 92.0 Å². The molecule has 6 rings (SSSR count). The molecule has 1 atom stereocenters. The Morgan fingerprint density at radius 1 is 1.27 bits per heavy atom. The van der Waals surface area contributed by atoms with E-state index in [1.54, 1.807) is 12.1 Å². The third-order valence-corrected chi connectivity index (χ3v) is 8.48. The fraction of sp³-hybridized carbons (Fsp3) is 0.414. The highest BCUT2D eigenvalue weighted by Crippen LogP contribution is 2.40. The number of hydrazone groups is 1. The summed E-state index contributed by atoms with van der Waals surface area (Å²) in [4.78, 5) is 16.0. The van der Waals surface area contributed by atoms with Gasteiger partial charge in [0, 0.05) is 55.6 Å². The smallest absolute Gasteiger partial charge is 0.321 e. The fourth-order valence-electron chi connectivity index (χ4n) is 6.59. The zero-order chi connectivity index (χ0) is 25.7. The lowest BCUT2D eigenvalue weighted by molar-refractivity contribution is -0.141. The van der Waals surface area contributed by atoms with Crippen LogP contribution in [0.4, 0.5) is 4.39 Å². The first-order valence-corrected chi connectivity index (χ1v) is 13.0. The number of benzene rings is 1. The van der Waals surface area contributed by atoms with Gasteiger partial charge in [0.15, 0.2) is 0 Å². The first-order chi connectivity index (χ1) is 17.9. The van der Waals surface area contributed by atoms with Crippen LogP contribution < -0.4 is 5.43 Å². The Kier molecular flexibility index (Phi) is 5.96. The van der Waals surface area contributed by atoms with Crippen molar-refractivity contribution in [2.45, 2.75) is 38.1 Å². The van der Waals surface area contributed by atoms with Crippen molar-refractivity contribution in [2.24, 2.45) is 16.9 Å². The zero-order valence-corrected chi connectivity index (χ0v) is 20.9. The molecule has 3 aliphatic heterocycles.